The number of benzene rings is 3. The molecule has 1 amide bonds. The Morgan fingerprint density at radius 3 is 2.06 bits per heavy atom. The summed E-state index contributed by atoms with van der Waals surface area (Å²) in [6, 6.07) is 28.0. The lowest BCUT2D eigenvalue weighted by atomic mass is 9.90. The summed E-state index contributed by atoms with van der Waals surface area (Å²) in [6.07, 6.45) is 1.70. The second-order valence-electron chi connectivity index (χ2n) is 7.54. The van der Waals surface area contributed by atoms with E-state index in [1.165, 1.54) is 0 Å². The van der Waals surface area contributed by atoms with Crippen LogP contribution in [0, 0.1) is 18.3 Å². The van der Waals surface area contributed by atoms with Crippen molar-refractivity contribution in [2.75, 3.05) is 0 Å². The lowest BCUT2D eigenvalue weighted by Crippen LogP contribution is -2.22. The molecule has 0 fully saturated rings. The van der Waals surface area contributed by atoms with Gasteiger partial charge in [0.15, 0.2) is 11.7 Å². The Balaban J connectivity index is 2.08. The molecule has 1 unspecified atom stereocenters. The molecular formula is C27H21N3O2. The SMILES string of the molecule is Cc1ccc(-n2cc(C(=O)c3ccccc3)c(C(C#N)C(N)=O)c2-c2ccccc2)cc1. The first kappa shape index (κ1) is 20.8. The van der Waals surface area contributed by atoms with E-state index in [0.717, 1.165) is 16.8 Å². The third kappa shape index (κ3) is 3.82. The molecular weight excluding hydrogens is 398 g/mol. The first-order valence-corrected chi connectivity index (χ1v) is 10.2. The van der Waals surface area contributed by atoms with Crippen molar-refractivity contribution in [3.63, 3.8) is 0 Å². The maximum atomic E-state index is 13.5. The molecule has 0 radical (unpaired) electrons. The van der Waals surface area contributed by atoms with Gasteiger partial charge >= 0.3 is 0 Å². The zero-order valence-corrected chi connectivity index (χ0v) is 17.5. The molecule has 0 spiro atoms. The van der Waals surface area contributed by atoms with Crippen LogP contribution in [0.15, 0.2) is 91.1 Å². The van der Waals surface area contributed by atoms with E-state index in [4.69, 9.17) is 5.73 Å². The van der Waals surface area contributed by atoms with Gasteiger partial charge in [0, 0.05) is 28.6 Å². The number of hydrogen-bond donors (Lipinski definition) is 1. The number of aryl methyl sites for hydroxylation is 1. The number of nitrogens with two attached hydrogens (primary N) is 1. The van der Waals surface area contributed by atoms with Gasteiger partial charge in [-0.15, -0.1) is 0 Å². The number of carbonyl (C=O) groups is 2. The number of amides is 1. The van der Waals surface area contributed by atoms with Gasteiger partial charge < -0.3 is 10.3 Å². The van der Waals surface area contributed by atoms with Crippen LogP contribution in [0.4, 0.5) is 0 Å². The van der Waals surface area contributed by atoms with Crippen molar-refractivity contribution in [3.05, 3.63) is 113 Å². The van der Waals surface area contributed by atoms with Gasteiger partial charge in [0.25, 0.3) is 0 Å². The van der Waals surface area contributed by atoms with Crippen molar-refractivity contribution in [1.29, 1.82) is 5.26 Å². The van der Waals surface area contributed by atoms with Crippen molar-refractivity contribution < 1.29 is 9.59 Å². The molecule has 4 rings (SSSR count). The van der Waals surface area contributed by atoms with E-state index in [-0.39, 0.29) is 11.3 Å². The van der Waals surface area contributed by atoms with E-state index in [1.54, 1.807) is 30.5 Å². The summed E-state index contributed by atoms with van der Waals surface area (Å²) < 4.78 is 1.85. The fraction of sp³-hybridized carbons (Fsp3) is 0.0741. The number of nitriles is 1. The van der Waals surface area contributed by atoms with Crippen LogP contribution in [0.2, 0.25) is 0 Å². The molecule has 32 heavy (non-hydrogen) atoms. The Morgan fingerprint density at radius 1 is 0.906 bits per heavy atom. The van der Waals surface area contributed by atoms with Gasteiger partial charge in [-0.3, -0.25) is 9.59 Å². The zero-order valence-electron chi connectivity index (χ0n) is 17.5. The van der Waals surface area contributed by atoms with Crippen molar-refractivity contribution in [1.82, 2.24) is 4.57 Å². The van der Waals surface area contributed by atoms with Crippen LogP contribution in [0.5, 0.6) is 0 Å². The van der Waals surface area contributed by atoms with Gasteiger partial charge in [0.1, 0.15) is 0 Å². The summed E-state index contributed by atoms with van der Waals surface area (Å²) in [4.78, 5) is 25.8. The largest absolute Gasteiger partial charge is 0.368 e. The van der Waals surface area contributed by atoms with Crippen LogP contribution in [0.1, 0.15) is 33.0 Å². The number of aromatic nitrogens is 1. The smallest absolute Gasteiger partial charge is 0.239 e. The minimum Gasteiger partial charge on any atom is -0.368 e. The zero-order chi connectivity index (χ0) is 22.7. The van der Waals surface area contributed by atoms with E-state index >= 15 is 0 Å². The number of carbonyl (C=O) groups excluding carboxylic acids is 2. The Kier molecular flexibility index (Phi) is 5.69. The third-order valence-electron chi connectivity index (χ3n) is 5.39. The molecule has 1 aromatic heterocycles. The van der Waals surface area contributed by atoms with Crippen LogP contribution in [0.25, 0.3) is 16.9 Å². The normalized spacial score (nSPS) is 11.5. The molecule has 2 N–H and O–H groups in total. The highest BCUT2D eigenvalue weighted by Crippen LogP contribution is 2.37. The van der Waals surface area contributed by atoms with Crippen LogP contribution < -0.4 is 5.73 Å². The second-order valence-corrected chi connectivity index (χ2v) is 7.54. The van der Waals surface area contributed by atoms with Gasteiger partial charge in [0.05, 0.1) is 11.8 Å². The molecule has 4 aromatic rings. The summed E-state index contributed by atoms with van der Waals surface area (Å²) in [5.41, 5.74) is 9.96. The Hall–Kier alpha value is -4.43. The molecule has 0 bridgehead atoms. The standard InChI is InChI=1S/C27H21N3O2/c1-18-12-14-21(15-13-18)30-17-23(26(31)20-10-6-3-7-11-20)24(22(16-28)27(29)32)25(30)19-8-4-2-5-9-19/h2-15,17,22H,1H3,(H2,29,32). The van der Waals surface area contributed by atoms with Crippen molar-refractivity contribution >= 4 is 11.7 Å². The maximum absolute atomic E-state index is 13.5. The molecule has 0 saturated carbocycles. The fourth-order valence-corrected chi connectivity index (χ4v) is 3.81. The minimum absolute atomic E-state index is 0.273. The van der Waals surface area contributed by atoms with Crippen molar-refractivity contribution in [2.45, 2.75) is 12.8 Å². The van der Waals surface area contributed by atoms with E-state index < -0.39 is 11.8 Å². The van der Waals surface area contributed by atoms with Crippen molar-refractivity contribution in [2.24, 2.45) is 5.73 Å². The first-order chi connectivity index (χ1) is 15.5. The predicted molar refractivity (Wildman–Crippen MR) is 123 cm³/mol. The minimum atomic E-state index is -1.28. The Bertz CT molecular complexity index is 1320. The molecule has 0 aliphatic heterocycles. The Labute approximate surface area is 186 Å². The summed E-state index contributed by atoms with van der Waals surface area (Å²) >= 11 is 0. The topological polar surface area (TPSA) is 88.9 Å². The van der Waals surface area contributed by atoms with Gasteiger partial charge in [-0.05, 0) is 24.6 Å². The van der Waals surface area contributed by atoms with E-state index in [0.29, 0.717) is 16.8 Å². The summed E-state index contributed by atoms with van der Waals surface area (Å²) in [5.74, 6) is -2.35. The lowest BCUT2D eigenvalue weighted by molar-refractivity contribution is -0.118. The van der Waals surface area contributed by atoms with Gasteiger partial charge in [-0.1, -0.05) is 78.4 Å². The van der Waals surface area contributed by atoms with E-state index in [9.17, 15) is 14.9 Å². The predicted octanol–water partition coefficient (Wildman–Crippen LogP) is 4.78. The number of ketones is 1. The summed E-state index contributed by atoms with van der Waals surface area (Å²) in [5, 5.41) is 9.84. The second kappa shape index (κ2) is 8.75. The molecule has 5 heteroatoms. The van der Waals surface area contributed by atoms with Gasteiger partial charge in [-0.25, -0.2) is 0 Å². The monoisotopic (exact) mass is 419 g/mol. The third-order valence-corrected chi connectivity index (χ3v) is 5.39. The molecule has 156 valence electrons. The number of rotatable bonds is 6. The van der Waals surface area contributed by atoms with Gasteiger partial charge in [0.2, 0.25) is 5.91 Å². The molecule has 3 aromatic carbocycles. The quantitative estimate of drug-likeness (QED) is 0.456. The van der Waals surface area contributed by atoms with Gasteiger partial charge in [-0.2, -0.15) is 5.26 Å². The average Bonchev–Trinajstić information content (AvgIpc) is 3.20. The Morgan fingerprint density at radius 2 is 1.50 bits per heavy atom. The molecule has 1 heterocycles. The molecule has 1 atom stereocenters. The van der Waals surface area contributed by atoms with E-state index in [2.05, 4.69) is 0 Å². The summed E-state index contributed by atoms with van der Waals surface area (Å²) in [7, 11) is 0. The fourth-order valence-electron chi connectivity index (χ4n) is 3.81. The van der Waals surface area contributed by atoms with Crippen LogP contribution in [0.3, 0.4) is 0 Å². The number of primary amides is 1. The number of hydrogen-bond acceptors (Lipinski definition) is 3. The maximum Gasteiger partial charge on any atom is 0.239 e. The average molecular weight is 419 g/mol. The molecule has 0 aliphatic rings. The van der Waals surface area contributed by atoms with Crippen LogP contribution in [-0.4, -0.2) is 16.3 Å². The number of nitrogens with zero attached hydrogens (tertiary/aromatic N) is 2. The van der Waals surface area contributed by atoms with E-state index in [1.807, 2.05) is 78.2 Å². The van der Waals surface area contributed by atoms with Crippen molar-refractivity contribution in [3.8, 4) is 23.0 Å². The highest BCUT2D eigenvalue weighted by atomic mass is 16.1. The van der Waals surface area contributed by atoms with Crippen LogP contribution in [-0.2, 0) is 4.79 Å². The summed E-state index contributed by atoms with van der Waals surface area (Å²) in [6.45, 7) is 1.99. The highest BCUT2D eigenvalue weighted by Gasteiger charge is 2.31. The first-order valence-electron chi connectivity index (χ1n) is 10.2. The molecule has 5 nitrogen and oxygen atoms in total. The lowest BCUT2D eigenvalue weighted by Gasteiger charge is -2.14. The highest BCUT2D eigenvalue weighted by molar-refractivity contribution is 6.12. The molecule has 0 saturated heterocycles. The van der Waals surface area contributed by atoms with Crippen LogP contribution >= 0.6 is 0 Å². The molecule has 0 aliphatic carbocycles.